The van der Waals surface area contributed by atoms with Crippen molar-refractivity contribution in [3.8, 4) is 16.9 Å². The summed E-state index contributed by atoms with van der Waals surface area (Å²) < 4.78 is 2.72. The molecule has 4 heteroatoms. The van der Waals surface area contributed by atoms with Gasteiger partial charge in [0.25, 0.3) is 6.71 Å². The van der Waals surface area contributed by atoms with Gasteiger partial charge in [-0.05, 0) is 112 Å². The predicted molar refractivity (Wildman–Crippen MR) is 248 cm³/mol. The van der Waals surface area contributed by atoms with Gasteiger partial charge in [-0.25, -0.2) is 0 Å². The fourth-order valence-electron chi connectivity index (χ4n) is 11.9. The van der Waals surface area contributed by atoms with E-state index in [1.54, 1.807) is 0 Å². The molecule has 0 spiro atoms. The molecule has 4 aliphatic rings. The van der Waals surface area contributed by atoms with Crippen LogP contribution in [0.2, 0.25) is 0 Å². The standard InChI is InChI=1S/C54H54BN3/c1-51(2,3)36-31-40-46(52(4,5)6)48(35-21-12-9-13-22-35)57-44-33-39(56(37-23-14-10-15-24-37)38-25-16-11-17-26-38)34-45-47(44)55(43(32-36)49(40)57)42-28-20-27-41-50(42)58(45)54(8)30-19-18-29-53(41,54)7/h9-17,20-28,31-34H,18-19,29-30H2,1-8H3. The summed E-state index contributed by atoms with van der Waals surface area (Å²) >= 11 is 0. The third-order valence-electron chi connectivity index (χ3n) is 14.7. The Morgan fingerprint density at radius 1 is 0.603 bits per heavy atom. The van der Waals surface area contributed by atoms with Gasteiger partial charge in [-0.1, -0.05) is 152 Å². The summed E-state index contributed by atoms with van der Waals surface area (Å²) in [4.78, 5) is 5.35. The minimum Gasteiger partial charge on any atom is -0.335 e. The lowest BCUT2D eigenvalue weighted by molar-refractivity contribution is 0.195. The number of benzene rings is 6. The predicted octanol–water partition coefficient (Wildman–Crippen LogP) is 12.2. The Bertz CT molecular complexity index is 2750. The van der Waals surface area contributed by atoms with Crippen LogP contribution in [0.3, 0.4) is 0 Å². The summed E-state index contributed by atoms with van der Waals surface area (Å²) in [5, 5.41) is 1.39. The van der Waals surface area contributed by atoms with Crippen LogP contribution in [0.1, 0.15) is 97.8 Å². The summed E-state index contributed by atoms with van der Waals surface area (Å²) in [6.45, 7) is 19.7. The van der Waals surface area contributed by atoms with Gasteiger partial charge in [-0.15, -0.1) is 0 Å². The van der Waals surface area contributed by atoms with Crippen molar-refractivity contribution in [2.75, 3.05) is 9.80 Å². The average Bonchev–Trinajstić information content (AvgIpc) is 3.68. The van der Waals surface area contributed by atoms with E-state index in [1.807, 2.05) is 0 Å². The lowest BCUT2D eigenvalue weighted by Gasteiger charge is -2.52. The van der Waals surface area contributed by atoms with Gasteiger partial charge < -0.3 is 14.4 Å². The molecule has 1 saturated carbocycles. The molecule has 3 nitrogen and oxygen atoms in total. The van der Waals surface area contributed by atoms with E-state index in [0.29, 0.717) is 0 Å². The van der Waals surface area contributed by atoms with Crippen molar-refractivity contribution in [3.63, 3.8) is 0 Å². The van der Waals surface area contributed by atoms with E-state index in [2.05, 4.69) is 203 Å². The van der Waals surface area contributed by atoms with Crippen molar-refractivity contribution in [1.29, 1.82) is 0 Å². The highest BCUT2D eigenvalue weighted by Gasteiger charge is 2.61. The lowest BCUT2D eigenvalue weighted by Crippen LogP contribution is -2.64. The molecule has 0 N–H and O–H groups in total. The number of aromatic nitrogens is 1. The van der Waals surface area contributed by atoms with Gasteiger partial charge in [-0.3, -0.25) is 0 Å². The number of fused-ring (bicyclic) bond motifs is 7. The fourth-order valence-corrected chi connectivity index (χ4v) is 11.9. The molecule has 4 heterocycles. The van der Waals surface area contributed by atoms with Crippen LogP contribution in [0, 0.1) is 0 Å². The van der Waals surface area contributed by atoms with Crippen LogP contribution in [0.4, 0.5) is 28.4 Å². The van der Waals surface area contributed by atoms with E-state index in [4.69, 9.17) is 0 Å². The van der Waals surface area contributed by atoms with Gasteiger partial charge >= 0.3 is 0 Å². The molecule has 3 aliphatic heterocycles. The van der Waals surface area contributed by atoms with Crippen LogP contribution in [0.5, 0.6) is 0 Å². The zero-order valence-corrected chi connectivity index (χ0v) is 35.4. The van der Waals surface area contributed by atoms with E-state index < -0.39 is 0 Å². The number of hydrogen-bond acceptors (Lipinski definition) is 2. The Labute approximate surface area is 345 Å². The summed E-state index contributed by atoms with van der Waals surface area (Å²) in [6, 6.07) is 50.8. The fraction of sp³-hybridized carbons (Fsp3) is 0.296. The highest BCUT2D eigenvalue weighted by atomic mass is 15.3. The lowest BCUT2D eigenvalue weighted by atomic mass is 9.33. The average molecular weight is 756 g/mol. The first-order valence-corrected chi connectivity index (χ1v) is 21.6. The van der Waals surface area contributed by atoms with Gasteiger partial charge in [0.05, 0.1) is 16.9 Å². The molecule has 7 aromatic rings. The van der Waals surface area contributed by atoms with Gasteiger partial charge in [0.15, 0.2) is 0 Å². The van der Waals surface area contributed by atoms with E-state index in [9.17, 15) is 0 Å². The van der Waals surface area contributed by atoms with Crippen LogP contribution < -0.4 is 26.2 Å². The second-order valence-corrected chi connectivity index (χ2v) is 20.1. The molecule has 288 valence electrons. The van der Waals surface area contributed by atoms with Crippen LogP contribution in [-0.4, -0.2) is 16.8 Å². The third kappa shape index (κ3) is 4.69. The Morgan fingerprint density at radius 2 is 1.22 bits per heavy atom. The minimum atomic E-state index is -0.122. The Kier molecular flexibility index (Phi) is 7.40. The van der Waals surface area contributed by atoms with Crippen molar-refractivity contribution in [2.24, 2.45) is 0 Å². The molecular weight excluding hydrogens is 701 g/mol. The number of hydrogen-bond donors (Lipinski definition) is 0. The Hall–Kier alpha value is -5.48. The SMILES string of the molecule is CC(C)(C)c1cc2c3c(c1)c(C(C)(C)C)c(-c1ccccc1)n3-c1cc(N(c3ccccc3)c3ccccc3)cc3c1B2c1cccc2c1N3C1(C)CCCCC21C. The number of rotatable bonds is 4. The van der Waals surface area contributed by atoms with Crippen molar-refractivity contribution in [3.05, 3.63) is 150 Å². The molecule has 1 aliphatic carbocycles. The van der Waals surface area contributed by atoms with Gasteiger partial charge in [0.1, 0.15) is 0 Å². The number of nitrogens with zero attached hydrogens (tertiary/aromatic N) is 3. The molecule has 2 unspecified atom stereocenters. The molecule has 11 rings (SSSR count). The van der Waals surface area contributed by atoms with Crippen LogP contribution in [0.15, 0.2) is 133 Å². The minimum absolute atomic E-state index is 0.0249. The molecule has 2 atom stereocenters. The third-order valence-corrected chi connectivity index (χ3v) is 14.7. The summed E-state index contributed by atoms with van der Waals surface area (Å²) in [6.07, 6.45) is 4.90. The molecule has 1 fully saturated rings. The van der Waals surface area contributed by atoms with Crippen molar-refractivity contribution < 1.29 is 0 Å². The molecular formula is C54H54BN3. The largest absolute Gasteiger partial charge is 0.335 e. The smallest absolute Gasteiger partial charge is 0.252 e. The summed E-state index contributed by atoms with van der Waals surface area (Å²) in [5.41, 5.74) is 20.1. The van der Waals surface area contributed by atoms with Gasteiger partial charge in [0, 0.05) is 44.8 Å². The quantitative estimate of drug-likeness (QED) is 0.166. The first-order valence-electron chi connectivity index (χ1n) is 21.6. The van der Waals surface area contributed by atoms with E-state index in [-0.39, 0.29) is 28.5 Å². The number of para-hydroxylation sites is 3. The van der Waals surface area contributed by atoms with E-state index in [0.717, 1.165) is 11.4 Å². The summed E-state index contributed by atoms with van der Waals surface area (Å²) in [7, 11) is 0. The molecule has 6 aromatic carbocycles. The molecule has 0 amide bonds. The second kappa shape index (κ2) is 12.0. The normalized spacial score (nSPS) is 20.2. The molecule has 0 bridgehead atoms. The van der Waals surface area contributed by atoms with E-state index in [1.165, 1.54) is 104 Å². The molecule has 1 aromatic heterocycles. The summed E-state index contributed by atoms with van der Waals surface area (Å²) in [5.74, 6) is 0. The monoisotopic (exact) mass is 755 g/mol. The van der Waals surface area contributed by atoms with Gasteiger partial charge in [0.2, 0.25) is 0 Å². The maximum atomic E-state index is 2.87. The van der Waals surface area contributed by atoms with Crippen LogP contribution in [-0.2, 0) is 16.2 Å². The number of anilines is 5. The van der Waals surface area contributed by atoms with Crippen LogP contribution >= 0.6 is 0 Å². The maximum Gasteiger partial charge on any atom is 0.252 e. The maximum absolute atomic E-state index is 2.87. The second-order valence-electron chi connectivity index (χ2n) is 20.1. The first kappa shape index (κ1) is 35.7. The highest BCUT2D eigenvalue weighted by molar-refractivity contribution is 7.00. The van der Waals surface area contributed by atoms with Crippen molar-refractivity contribution in [2.45, 2.75) is 103 Å². The zero-order chi connectivity index (χ0) is 39.9. The van der Waals surface area contributed by atoms with Crippen molar-refractivity contribution in [1.82, 2.24) is 4.57 Å². The van der Waals surface area contributed by atoms with Crippen molar-refractivity contribution >= 4 is 62.4 Å². The Morgan fingerprint density at radius 3 is 1.86 bits per heavy atom. The highest BCUT2D eigenvalue weighted by Crippen LogP contribution is 2.62. The van der Waals surface area contributed by atoms with E-state index >= 15 is 0 Å². The molecule has 58 heavy (non-hydrogen) atoms. The topological polar surface area (TPSA) is 11.4 Å². The zero-order valence-electron chi connectivity index (χ0n) is 35.4. The Balaban J connectivity index is 1.36. The molecule has 0 radical (unpaired) electrons. The first-order chi connectivity index (χ1) is 27.8. The van der Waals surface area contributed by atoms with Crippen LogP contribution in [0.25, 0.3) is 27.8 Å². The van der Waals surface area contributed by atoms with Gasteiger partial charge in [-0.2, -0.15) is 0 Å². The molecule has 0 saturated heterocycles.